The maximum atomic E-state index is 13.6. The maximum absolute atomic E-state index is 13.6. The van der Waals surface area contributed by atoms with Gasteiger partial charge in [0.05, 0.1) is 24.6 Å². The van der Waals surface area contributed by atoms with Gasteiger partial charge in [-0.2, -0.15) is 5.10 Å². The molecule has 168 valence electrons. The molecule has 0 fully saturated rings. The summed E-state index contributed by atoms with van der Waals surface area (Å²) in [6.45, 7) is 1.40. The number of hydrogen-bond donors (Lipinski definition) is 1. The molecule has 9 heteroatoms. The standard InChI is InChI=1S/C24H21F2N5O2/c1-27-7-8-33-21-13-28-24(29-14-21)17-4-2-3-16(9-17)15-31-23(32)6-5-22(30-31)18-10-19(25)12-20(26)11-18/h2-6,9-14,27H,7-8,15H2,1H3. The van der Waals surface area contributed by atoms with Crippen LogP contribution in [-0.4, -0.2) is 39.9 Å². The predicted molar refractivity (Wildman–Crippen MR) is 120 cm³/mol. The Kier molecular flexibility index (Phi) is 6.80. The molecule has 0 saturated carbocycles. The molecule has 0 aliphatic heterocycles. The first-order valence-electron chi connectivity index (χ1n) is 10.3. The summed E-state index contributed by atoms with van der Waals surface area (Å²) in [6, 6.07) is 13.3. The van der Waals surface area contributed by atoms with E-state index in [1.54, 1.807) is 12.4 Å². The van der Waals surface area contributed by atoms with E-state index in [1.165, 1.54) is 28.9 Å². The van der Waals surface area contributed by atoms with Crippen LogP contribution in [0.5, 0.6) is 5.75 Å². The molecule has 0 aliphatic rings. The van der Waals surface area contributed by atoms with Crippen molar-refractivity contribution in [2.45, 2.75) is 6.54 Å². The fourth-order valence-corrected chi connectivity index (χ4v) is 3.21. The van der Waals surface area contributed by atoms with Crippen molar-refractivity contribution in [3.8, 4) is 28.4 Å². The summed E-state index contributed by atoms with van der Waals surface area (Å²) < 4.78 is 34.0. The number of aromatic nitrogens is 4. The summed E-state index contributed by atoms with van der Waals surface area (Å²) in [4.78, 5) is 21.1. The maximum Gasteiger partial charge on any atom is 0.267 e. The van der Waals surface area contributed by atoms with E-state index in [-0.39, 0.29) is 17.7 Å². The summed E-state index contributed by atoms with van der Waals surface area (Å²) in [7, 11) is 1.84. The van der Waals surface area contributed by atoms with Crippen LogP contribution in [0.4, 0.5) is 8.78 Å². The van der Waals surface area contributed by atoms with Gasteiger partial charge in [0.25, 0.3) is 5.56 Å². The van der Waals surface area contributed by atoms with Crippen LogP contribution in [-0.2, 0) is 6.54 Å². The Hall–Kier alpha value is -3.98. The Morgan fingerprint density at radius 1 is 0.970 bits per heavy atom. The molecule has 2 heterocycles. The summed E-state index contributed by atoms with van der Waals surface area (Å²) in [5.41, 5.74) is 1.77. The average molecular weight is 449 g/mol. The van der Waals surface area contributed by atoms with Gasteiger partial charge >= 0.3 is 0 Å². The highest BCUT2D eigenvalue weighted by molar-refractivity contribution is 5.58. The third-order valence-electron chi connectivity index (χ3n) is 4.79. The molecule has 0 unspecified atom stereocenters. The van der Waals surface area contributed by atoms with Gasteiger partial charge in [0, 0.05) is 29.8 Å². The van der Waals surface area contributed by atoms with Gasteiger partial charge in [0.15, 0.2) is 11.6 Å². The van der Waals surface area contributed by atoms with Crippen molar-refractivity contribution in [3.63, 3.8) is 0 Å². The van der Waals surface area contributed by atoms with E-state index in [4.69, 9.17) is 4.74 Å². The molecule has 33 heavy (non-hydrogen) atoms. The van der Waals surface area contributed by atoms with Crippen molar-refractivity contribution in [1.82, 2.24) is 25.1 Å². The molecule has 7 nitrogen and oxygen atoms in total. The van der Waals surface area contributed by atoms with Crippen molar-refractivity contribution in [2.75, 3.05) is 20.2 Å². The van der Waals surface area contributed by atoms with Crippen LogP contribution in [0.2, 0.25) is 0 Å². The number of benzene rings is 2. The van der Waals surface area contributed by atoms with Gasteiger partial charge < -0.3 is 10.1 Å². The Balaban J connectivity index is 1.55. The Labute approximate surface area is 188 Å². The SMILES string of the molecule is CNCCOc1cnc(-c2cccc(Cn3nc(-c4cc(F)cc(F)c4)ccc3=O)c2)nc1. The van der Waals surface area contributed by atoms with Crippen LogP contribution in [0, 0.1) is 11.6 Å². The van der Waals surface area contributed by atoms with E-state index in [9.17, 15) is 13.6 Å². The highest BCUT2D eigenvalue weighted by atomic mass is 19.1. The summed E-state index contributed by atoms with van der Waals surface area (Å²) >= 11 is 0. The molecule has 2 aromatic heterocycles. The van der Waals surface area contributed by atoms with Crippen molar-refractivity contribution in [1.29, 1.82) is 0 Å². The number of ether oxygens (including phenoxy) is 1. The first kappa shape index (κ1) is 22.2. The highest BCUT2D eigenvalue weighted by Crippen LogP contribution is 2.20. The smallest absolute Gasteiger partial charge is 0.267 e. The third kappa shape index (κ3) is 5.64. The molecule has 0 bridgehead atoms. The van der Waals surface area contributed by atoms with Crippen LogP contribution in [0.15, 0.2) is 71.8 Å². The van der Waals surface area contributed by atoms with Crippen LogP contribution in [0.3, 0.4) is 0 Å². The van der Waals surface area contributed by atoms with Crippen LogP contribution in [0.25, 0.3) is 22.6 Å². The molecule has 4 aromatic rings. The number of nitrogens with one attached hydrogen (secondary N) is 1. The monoisotopic (exact) mass is 449 g/mol. The molecule has 0 aliphatic carbocycles. The Bertz CT molecular complexity index is 1290. The van der Waals surface area contributed by atoms with E-state index in [0.29, 0.717) is 30.4 Å². The van der Waals surface area contributed by atoms with Crippen molar-refractivity contribution >= 4 is 0 Å². The van der Waals surface area contributed by atoms with Gasteiger partial charge in [-0.1, -0.05) is 18.2 Å². The second-order valence-corrected chi connectivity index (χ2v) is 7.27. The lowest BCUT2D eigenvalue weighted by Gasteiger charge is -2.09. The number of hydrogen-bond acceptors (Lipinski definition) is 6. The molecule has 2 aromatic carbocycles. The first-order valence-corrected chi connectivity index (χ1v) is 10.3. The van der Waals surface area contributed by atoms with Crippen molar-refractivity contribution in [2.24, 2.45) is 0 Å². The van der Waals surface area contributed by atoms with E-state index in [1.807, 2.05) is 31.3 Å². The van der Waals surface area contributed by atoms with Gasteiger partial charge in [0.2, 0.25) is 0 Å². The van der Waals surface area contributed by atoms with Gasteiger partial charge in [-0.05, 0) is 36.9 Å². The lowest BCUT2D eigenvalue weighted by atomic mass is 10.1. The lowest BCUT2D eigenvalue weighted by molar-refractivity contribution is 0.316. The number of halogens is 2. The fraction of sp³-hybridized carbons (Fsp3) is 0.167. The minimum atomic E-state index is -0.712. The van der Waals surface area contributed by atoms with E-state index < -0.39 is 11.6 Å². The molecular weight excluding hydrogens is 428 g/mol. The Morgan fingerprint density at radius 2 is 1.73 bits per heavy atom. The minimum absolute atomic E-state index is 0.170. The molecule has 0 radical (unpaired) electrons. The number of rotatable bonds is 8. The molecule has 1 N–H and O–H groups in total. The third-order valence-corrected chi connectivity index (χ3v) is 4.79. The summed E-state index contributed by atoms with van der Waals surface area (Å²) in [6.07, 6.45) is 3.22. The minimum Gasteiger partial charge on any atom is -0.489 e. The van der Waals surface area contributed by atoms with Crippen molar-refractivity contribution in [3.05, 3.63) is 94.5 Å². The summed E-state index contributed by atoms with van der Waals surface area (Å²) in [5, 5.41) is 7.28. The zero-order chi connectivity index (χ0) is 23.2. The van der Waals surface area contributed by atoms with Gasteiger partial charge in [-0.15, -0.1) is 0 Å². The lowest BCUT2D eigenvalue weighted by Crippen LogP contribution is -2.22. The quantitative estimate of drug-likeness (QED) is 0.416. The largest absolute Gasteiger partial charge is 0.489 e. The topological polar surface area (TPSA) is 81.9 Å². The molecule has 0 atom stereocenters. The van der Waals surface area contributed by atoms with Crippen LogP contribution >= 0.6 is 0 Å². The predicted octanol–water partition coefficient (Wildman–Crippen LogP) is 3.29. The molecule has 0 spiro atoms. The molecule has 0 saturated heterocycles. The first-order chi connectivity index (χ1) is 16.0. The van der Waals surface area contributed by atoms with Crippen LogP contribution in [0.1, 0.15) is 5.56 Å². The van der Waals surface area contributed by atoms with E-state index >= 15 is 0 Å². The van der Waals surface area contributed by atoms with Gasteiger partial charge in [0.1, 0.15) is 18.2 Å². The zero-order valence-electron chi connectivity index (χ0n) is 17.8. The summed E-state index contributed by atoms with van der Waals surface area (Å²) in [5.74, 6) is -0.333. The van der Waals surface area contributed by atoms with Gasteiger partial charge in [-0.25, -0.2) is 23.4 Å². The molecule has 0 amide bonds. The molecule has 4 rings (SSSR count). The van der Waals surface area contributed by atoms with E-state index in [2.05, 4.69) is 20.4 Å². The van der Waals surface area contributed by atoms with Crippen LogP contribution < -0.4 is 15.6 Å². The number of nitrogens with zero attached hydrogens (tertiary/aromatic N) is 4. The molecular formula is C24H21F2N5O2. The number of likely N-dealkylation sites (N-methyl/N-ethyl adjacent to an activating group) is 1. The second-order valence-electron chi connectivity index (χ2n) is 7.27. The average Bonchev–Trinajstić information content (AvgIpc) is 2.81. The fourth-order valence-electron chi connectivity index (χ4n) is 3.21. The Morgan fingerprint density at radius 3 is 2.45 bits per heavy atom. The zero-order valence-corrected chi connectivity index (χ0v) is 17.8. The highest BCUT2D eigenvalue weighted by Gasteiger charge is 2.09. The van der Waals surface area contributed by atoms with Crippen molar-refractivity contribution < 1.29 is 13.5 Å². The van der Waals surface area contributed by atoms with E-state index in [0.717, 1.165) is 17.2 Å². The second kappa shape index (κ2) is 10.1. The van der Waals surface area contributed by atoms with Gasteiger partial charge in [-0.3, -0.25) is 4.79 Å². The normalized spacial score (nSPS) is 10.9.